The van der Waals surface area contributed by atoms with Crippen molar-refractivity contribution in [2.45, 2.75) is 262 Å². The average Bonchev–Trinajstić information content (AvgIpc) is 3.28. The van der Waals surface area contributed by atoms with E-state index < -0.39 is 49.5 Å². The summed E-state index contributed by atoms with van der Waals surface area (Å²) < 4.78 is 11.2. The first-order valence-corrected chi connectivity index (χ1v) is 26.0. The summed E-state index contributed by atoms with van der Waals surface area (Å²) in [6.07, 6.45) is 51.7. The van der Waals surface area contributed by atoms with E-state index in [0.717, 1.165) is 83.5 Å². The fourth-order valence-electron chi connectivity index (χ4n) is 8.01. The van der Waals surface area contributed by atoms with Crippen LogP contribution in [0.1, 0.15) is 219 Å². The first kappa shape index (κ1) is 58.9. The Morgan fingerprint density at radius 1 is 0.556 bits per heavy atom. The molecule has 0 radical (unpaired) electrons. The van der Waals surface area contributed by atoms with Gasteiger partial charge in [-0.2, -0.15) is 0 Å². The van der Waals surface area contributed by atoms with Crippen molar-refractivity contribution in [3.8, 4) is 0 Å². The normalized spacial score (nSPS) is 20.7. The van der Waals surface area contributed by atoms with Crippen molar-refractivity contribution in [3.63, 3.8) is 0 Å². The van der Waals surface area contributed by atoms with Gasteiger partial charge in [0.15, 0.2) is 6.29 Å². The highest BCUT2D eigenvalue weighted by atomic mass is 16.7. The van der Waals surface area contributed by atoms with Crippen LogP contribution in [0.15, 0.2) is 60.8 Å². The Balaban J connectivity index is 1.99. The van der Waals surface area contributed by atoms with Gasteiger partial charge in [0.2, 0.25) is 5.91 Å². The largest absolute Gasteiger partial charge is 0.394 e. The van der Waals surface area contributed by atoms with E-state index in [1.54, 1.807) is 0 Å². The number of allylic oxidation sites excluding steroid dienone is 10. The Kier molecular flexibility index (Phi) is 40.9. The highest BCUT2D eigenvalue weighted by Gasteiger charge is 2.44. The number of aliphatic hydroxyl groups is 5. The smallest absolute Gasteiger partial charge is 0.220 e. The van der Waals surface area contributed by atoms with Crippen LogP contribution in [0, 0.1) is 0 Å². The highest BCUT2D eigenvalue weighted by Crippen LogP contribution is 2.23. The van der Waals surface area contributed by atoms with Crippen LogP contribution in [0.3, 0.4) is 0 Å². The lowest BCUT2D eigenvalue weighted by Crippen LogP contribution is -2.60. The van der Waals surface area contributed by atoms with Crippen molar-refractivity contribution in [1.82, 2.24) is 5.32 Å². The second-order valence-corrected chi connectivity index (χ2v) is 17.9. The van der Waals surface area contributed by atoms with Gasteiger partial charge < -0.3 is 40.3 Å². The van der Waals surface area contributed by atoms with Crippen molar-refractivity contribution in [2.75, 3.05) is 13.2 Å². The number of carbonyl (C=O) groups is 1. The molecule has 0 aliphatic carbocycles. The molecule has 366 valence electrons. The van der Waals surface area contributed by atoms with Crippen LogP contribution >= 0.6 is 0 Å². The van der Waals surface area contributed by atoms with Crippen LogP contribution < -0.4 is 5.32 Å². The third kappa shape index (κ3) is 33.9. The maximum atomic E-state index is 12.9. The summed E-state index contributed by atoms with van der Waals surface area (Å²) >= 11 is 0. The number of hydrogen-bond acceptors (Lipinski definition) is 8. The molecule has 0 saturated carbocycles. The summed E-state index contributed by atoms with van der Waals surface area (Å²) in [7, 11) is 0. The number of carbonyl (C=O) groups excluding carboxylic acids is 1. The highest BCUT2D eigenvalue weighted by molar-refractivity contribution is 5.76. The van der Waals surface area contributed by atoms with Crippen molar-refractivity contribution >= 4 is 5.91 Å². The van der Waals surface area contributed by atoms with Gasteiger partial charge in [0.25, 0.3) is 0 Å². The maximum absolute atomic E-state index is 12.9. The van der Waals surface area contributed by atoms with Gasteiger partial charge in [0.1, 0.15) is 24.4 Å². The molecule has 9 heteroatoms. The topological polar surface area (TPSA) is 149 Å². The number of amides is 1. The molecule has 9 nitrogen and oxygen atoms in total. The van der Waals surface area contributed by atoms with Gasteiger partial charge in [-0.05, 0) is 57.8 Å². The Morgan fingerprint density at radius 2 is 0.984 bits per heavy atom. The molecule has 6 N–H and O–H groups in total. The van der Waals surface area contributed by atoms with Gasteiger partial charge in [-0.1, -0.05) is 216 Å². The third-order valence-corrected chi connectivity index (χ3v) is 12.1. The standard InChI is InChI=1S/C54H97NO8/c1-3-5-7-9-10-11-12-13-14-15-16-17-18-19-20-21-22-23-24-25-26-27-28-29-30-31-32-33-34-35-36-37-38-40-42-44-50(58)55-47(48(57)43-41-39-8-6-4-2)46-62-54-53(61)52(60)51(59)49(45-56)63-54/h5,7,10-11,13-14,16-17,19-20,47-49,51-54,56-57,59-61H,3-4,6,8-9,12,15,18,21-46H2,1-2H3,(H,55,58)/b7-5-,11-10-,14-13-,17-16-,20-19-. The molecule has 1 amide bonds. The minimum absolute atomic E-state index is 0.140. The van der Waals surface area contributed by atoms with Gasteiger partial charge in [-0.15, -0.1) is 0 Å². The molecule has 0 aromatic heterocycles. The molecule has 1 aliphatic rings. The van der Waals surface area contributed by atoms with E-state index in [1.807, 2.05) is 0 Å². The fraction of sp³-hybridized carbons (Fsp3) is 0.796. The van der Waals surface area contributed by atoms with Crippen molar-refractivity contribution in [2.24, 2.45) is 0 Å². The summed E-state index contributed by atoms with van der Waals surface area (Å²) in [6, 6.07) is -0.715. The predicted octanol–water partition coefficient (Wildman–Crippen LogP) is 12.0. The average molecular weight is 888 g/mol. The summed E-state index contributed by atoms with van der Waals surface area (Å²) in [5.41, 5.74) is 0. The number of unbranched alkanes of at least 4 members (excludes halogenated alkanes) is 23. The molecule has 1 aliphatic heterocycles. The zero-order valence-electron chi connectivity index (χ0n) is 40.3. The van der Waals surface area contributed by atoms with Crippen molar-refractivity contribution in [1.29, 1.82) is 0 Å². The zero-order valence-corrected chi connectivity index (χ0v) is 40.3. The molecular weight excluding hydrogens is 791 g/mol. The van der Waals surface area contributed by atoms with Gasteiger partial charge in [0, 0.05) is 6.42 Å². The number of nitrogens with one attached hydrogen (secondary N) is 1. The SMILES string of the molecule is CC/C=C\C/C=C\C/C=C\C/C=C\C/C=C\CCCCCCCCCCCCCCCCCCCCCC(=O)NC(COC1OC(CO)C(O)C(O)C1O)C(O)CCCCCCC. The van der Waals surface area contributed by atoms with E-state index in [1.165, 1.54) is 109 Å². The Labute approximate surface area is 386 Å². The number of rotatable bonds is 43. The van der Waals surface area contributed by atoms with Gasteiger partial charge >= 0.3 is 0 Å². The molecule has 1 fully saturated rings. The van der Waals surface area contributed by atoms with Gasteiger partial charge in [0.05, 0.1) is 25.4 Å². The van der Waals surface area contributed by atoms with Crippen LogP contribution in [0.25, 0.3) is 0 Å². The first-order valence-electron chi connectivity index (χ1n) is 26.0. The maximum Gasteiger partial charge on any atom is 0.220 e. The molecular formula is C54H97NO8. The van der Waals surface area contributed by atoms with Gasteiger partial charge in [-0.25, -0.2) is 0 Å². The fourth-order valence-corrected chi connectivity index (χ4v) is 8.01. The Bertz CT molecular complexity index is 1170. The molecule has 0 aromatic rings. The number of aliphatic hydroxyl groups excluding tert-OH is 5. The Morgan fingerprint density at radius 3 is 1.46 bits per heavy atom. The van der Waals surface area contributed by atoms with Crippen molar-refractivity contribution < 1.29 is 39.8 Å². The first-order chi connectivity index (χ1) is 30.8. The minimum Gasteiger partial charge on any atom is -0.394 e. The monoisotopic (exact) mass is 888 g/mol. The predicted molar refractivity (Wildman–Crippen MR) is 262 cm³/mol. The molecule has 1 rings (SSSR count). The number of ether oxygens (including phenoxy) is 2. The van der Waals surface area contributed by atoms with Crippen LogP contribution in [-0.4, -0.2) is 87.5 Å². The second kappa shape index (κ2) is 43.8. The molecule has 1 heterocycles. The van der Waals surface area contributed by atoms with Crippen LogP contribution in [0.5, 0.6) is 0 Å². The van der Waals surface area contributed by atoms with E-state index in [0.29, 0.717) is 12.8 Å². The molecule has 1 saturated heterocycles. The summed E-state index contributed by atoms with van der Waals surface area (Å²) in [4.78, 5) is 12.9. The third-order valence-electron chi connectivity index (χ3n) is 12.1. The molecule has 7 atom stereocenters. The van der Waals surface area contributed by atoms with Crippen LogP contribution in [-0.2, 0) is 14.3 Å². The number of hydrogen-bond donors (Lipinski definition) is 6. The van der Waals surface area contributed by atoms with E-state index in [2.05, 4.69) is 79.9 Å². The lowest BCUT2D eigenvalue weighted by Gasteiger charge is -2.40. The van der Waals surface area contributed by atoms with Crippen molar-refractivity contribution in [3.05, 3.63) is 60.8 Å². The summed E-state index contributed by atoms with van der Waals surface area (Å²) in [6.45, 7) is 3.63. The quantitative estimate of drug-likeness (QED) is 0.0262. The van der Waals surface area contributed by atoms with E-state index >= 15 is 0 Å². The molecule has 0 bridgehead atoms. The summed E-state index contributed by atoms with van der Waals surface area (Å²) in [5, 5.41) is 53.9. The van der Waals surface area contributed by atoms with Crippen LogP contribution in [0.4, 0.5) is 0 Å². The van der Waals surface area contributed by atoms with E-state index in [9.17, 15) is 30.3 Å². The van der Waals surface area contributed by atoms with E-state index in [-0.39, 0.29) is 12.5 Å². The van der Waals surface area contributed by atoms with E-state index in [4.69, 9.17) is 9.47 Å². The molecule has 0 aromatic carbocycles. The second-order valence-electron chi connectivity index (χ2n) is 17.9. The molecule has 63 heavy (non-hydrogen) atoms. The minimum atomic E-state index is -1.55. The van der Waals surface area contributed by atoms with Gasteiger partial charge in [-0.3, -0.25) is 4.79 Å². The lowest BCUT2D eigenvalue weighted by molar-refractivity contribution is -0.302. The molecule has 0 spiro atoms. The molecule has 7 unspecified atom stereocenters. The summed E-state index contributed by atoms with van der Waals surface area (Å²) in [5.74, 6) is -0.151. The Hall–Kier alpha value is -2.11. The lowest BCUT2D eigenvalue weighted by atomic mass is 9.99. The zero-order chi connectivity index (χ0) is 45.9. The van der Waals surface area contributed by atoms with Crippen LogP contribution in [0.2, 0.25) is 0 Å².